The molecule has 0 radical (unpaired) electrons. The van der Waals surface area contributed by atoms with Crippen LogP contribution < -0.4 is 0 Å². The molecule has 0 atom stereocenters. The zero-order chi connectivity index (χ0) is 12.8. The second kappa shape index (κ2) is 6.78. The minimum Gasteiger partial charge on any atom is -0.0836 e. The lowest BCUT2D eigenvalue weighted by Crippen LogP contribution is -2.06. The lowest BCUT2D eigenvalue weighted by molar-refractivity contribution is 0.535. The summed E-state index contributed by atoms with van der Waals surface area (Å²) in [5.74, 6) is 0.790. The summed E-state index contributed by atoms with van der Waals surface area (Å²) in [4.78, 5) is 0. The van der Waals surface area contributed by atoms with E-state index >= 15 is 0 Å². The zero-order valence-corrected chi connectivity index (χ0v) is 11.9. The van der Waals surface area contributed by atoms with Crippen LogP contribution in [0.4, 0.5) is 0 Å². The smallest absolute Gasteiger partial charge is 0.0159 e. The molecular formula is C18H26. The lowest BCUT2D eigenvalue weighted by Gasteiger charge is -2.20. The van der Waals surface area contributed by atoms with Gasteiger partial charge >= 0.3 is 0 Å². The summed E-state index contributed by atoms with van der Waals surface area (Å²) >= 11 is 0. The van der Waals surface area contributed by atoms with Gasteiger partial charge in [0.2, 0.25) is 0 Å². The number of rotatable bonds is 2. The van der Waals surface area contributed by atoms with Crippen molar-refractivity contribution in [2.24, 2.45) is 5.92 Å². The number of hydrogen-bond acceptors (Lipinski definition) is 0. The van der Waals surface area contributed by atoms with Gasteiger partial charge in [0.15, 0.2) is 0 Å². The normalized spacial score (nSPS) is 23.1. The molecule has 0 heterocycles. The van der Waals surface area contributed by atoms with Crippen molar-refractivity contribution in [2.75, 3.05) is 0 Å². The molecule has 98 valence electrons. The van der Waals surface area contributed by atoms with Gasteiger partial charge in [0.05, 0.1) is 0 Å². The second-order valence-corrected chi connectivity index (χ2v) is 5.57. The molecule has 0 aromatic heterocycles. The molecule has 0 aromatic carbocycles. The van der Waals surface area contributed by atoms with Crippen LogP contribution >= 0.6 is 0 Å². The monoisotopic (exact) mass is 242 g/mol. The van der Waals surface area contributed by atoms with Crippen LogP contribution in [0.5, 0.6) is 0 Å². The molecule has 0 unspecified atom stereocenters. The minimum absolute atomic E-state index is 0.790. The van der Waals surface area contributed by atoms with Gasteiger partial charge in [0, 0.05) is 0 Å². The van der Waals surface area contributed by atoms with E-state index in [4.69, 9.17) is 0 Å². The van der Waals surface area contributed by atoms with E-state index in [1.165, 1.54) is 49.7 Å². The van der Waals surface area contributed by atoms with E-state index in [1.54, 1.807) is 5.57 Å². The van der Waals surface area contributed by atoms with Gasteiger partial charge in [-0.15, -0.1) is 0 Å². The molecule has 1 saturated carbocycles. The van der Waals surface area contributed by atoms with Gasteiger partial charge in [-0.25, -0.2) is 0 Å². The predicted octanol–water partition coefficient (Wildman–Crippen LogP) is 5.74. The molecule has 18 heavy (non-hydrogen) atoms. The van der Waals surface area contributed by atoms with Crippen LogP contribution in [0.2, 0.25) is 0 Å². The maximum atomic E-state index is 2.36. The van der Waals surface area contributed by atoms with Crippen LogP contribution in [0, 0.1) is 5.92 Å². The topological polar surface area (TPSA) is 0 Å². The molecule has 2 rings (SSSR count). The van der Waals surface area contributed by atoms with Crippen LogP contribution in [0.15, 0.2) is 47.1 Å². The van der Waals surface area contributed by atoms with Gasteiger partial charge < -0.3 is 0 Å². The van der Waals surface area contributed by atoms with Gasteiger partial charge in [-0.3, -0.25) is 0 Å². The second-order valence-electron chi connectivity index (χ2n) is 5.57. The first-order chi connectivity index (χ1) is 8.83. The third kappa shape index (κ3) is 3.25. The molecule has 2 aliphatic carbocycles. The Kier molecular flexibility index (Phi) is 5.04. The standard InChI is InChI=1S/C18H26/c1-3-17(16-12-8-4-5-9-13-16)18-14-10-6-7-11-15(18)2/h3,7,10-11,14,16H,4-6,8-9,12-13H2,1-2H3/b17-3-. The van der Waals surface area contributed by atoms with Gasteiger partial charge in [-0.2, -0.15) is 0 Å². The molecule has 0 aliphatic heterocycles. The highest BCUT2D eigenvalue weighted by molar-refractivity contribution is 5.48. The van der Waals surface area contributed by atoms with E-state index in [-0.39, 0.29) is 0 Å². The fourth-order valence-corrected chi connectivity index (χ4v) is 3.26. The molecule has 0 N–H and O–H groups in total. The van der Waals surface area contributed by atoms with Crippen molar-refractivity contribution >= 4 is 0 Å². The van der Waals surface area contributed by atoms with Crippen LogP contribution in [-0.4, -0.2) is 0 Å². The van der Waals surface area contributed by atoms with E-state index in [1.807, 2.05) is 0 Å². The van der Waals surface area contributed by atoms with Gasteiger partial charge in [-0.1, -0.05) is 56.1 Å². The Morgan fingerprint density at radius 3 is 2.39 bits per heavy atom. The van der Waals surface area contributed by atoms with Crippen LogP contribution in [-0.2, 0) is 0 Å². The summed E-state index contributed by atoms with van der Waals surface area (Å²) in [6, 6.07) is 0. The molecule has 0 nitrogen and oxygen atoms in total. The summed E-state index contributed by atoms with van der Waals surface area (Å²) in [7, 11) is 0. The van der Waals surface area contributed by atoms with Crippen molar-refractivity contribution in [3.63, 3.8) is 0 Å². The summed E-state index contributed by atoms with van der Waals surface area (Å²) in [5.41, 5.74) is 4.51. The van der Waals surface area contributed by atoms with E-state index in [0.29, 0.717) is 0 Å². The van der Waals surface area contributed by atoms with Gasteiger partial charge in [0.25, 0.3) is 0 Å². The van der Waals surface area contributed by atoms with E-state index < -0.39 is 0 Å². The highest BCUT2D eigenvalue weighted by Gasteiger charge is 2.19. The first-order valence-corrected chi connectivity index (χ1v) is 7.53. The fraction of sp³-hybridized carbons (Fsp3) is 0.556. The average molecular weight is 242 g/mol. The van der Waals surface area contributed by atoms with Gasteiger partial charge in [0.1, 0.15) is 0 Å². The lowest BCUT2D eigenvalue weighted by atomic mass is 9.84. The maximum absolute atomic E-state index is 2.36. The van der Waals surface area contributed by atoms with E-state index in [2.05, 4.69) is 44.2 Å². The van der Waals surface area contributed by atoms with Crippen molar-refractivity contribution in [3.05, 3.63) is 47.1 Å². The first-order valence-electron chi connectivity index (χ1n) is 7.53. The summed E-state index contributed by atoms with van der Waals surface area (Å²) in [6.45, 7) is 4.46. The predicted molar refractivity (Wildman–Crippen MR) is 80.5 cm³/mol. The van der Waals surface area contributed by atoms with Crippen molar-refractivity contribution in [2.45, 2.75) is 58.8 Å². The molecule has 0 aromatic rings. The Balaban J connectivity index is 2.24. The van der Waals surface area contributed by atoms with Crippen LogP contribution in [0.25, 0.3) is 0 Å². The summed E-state index contributed by atoms with van der Waals surface area (Å²) in [6.07, 6.45) is 21.1. The number of hydrogen-bond donors (Lipinski definition) is 0. The quantitative estimate of drug-likeness (QED) is 0.542. The SMILES string of the molecule is C/C=C(\C1=C(C)C=CCC=C1)C1CCCCCC1. The molecule has 1 fully saturated rings. The zero-order valence-electron chi connectivity index (χ0n) is 11.9. The molecule has 0 amide bonds. The van der Waals surface area contributed by atoms with Crippen LogP contribution in [0.3, 0.4) is 0 Å². The molecule has 0 heteroatoms. The Bertz CT molecular complexity index is 382. The van der Waals surface area contributed by atoms with Gasteiger partial charge in [-0.05, 0) is 55.7 Å². The molecule has 2 aliphatic rings. The molecule has 0 bridgehead atoms. The summed E-state index contributed by atoms with van der Waals surface area (Å²) in [5, 5.41) is 0. The molecular weight excluding hydrogens is 216 g/mol. The Morgan fingerprint density at radius 1 is 1.06 bits per heavy atom. The third-order valence-electron chi connectivity index (χ3n) is 4.27. The van der Waals surface area contributed by atoms with Crippen LogP contribution in [0.1, 0.15) is 58.8 Å². The minimum atomic E-state index is 0.790. The third-order valence-corrected chi connectivity index (χ3v) is 4.27. The van der Waals surface area contributed by atoms with E-state index in [0.717, 1.165) is 12.3 Å². The largest absolute Gasteiger partial charge is 0.0836 e. The molecule has 0 spiro atoms. The first kappa shape index (κ1) is 13.4. The average Bonchev–Trinajstić information content (AvgIpc) is 2.75. The number of allylic oxidation sites excluding steroid dienone is 8. The maximum Gasteiger partial charge on any atom is -0.0159 e. The van der Waals surface area contributed by atoms with Crippen molar-refractivity contribution < 1.29 is 0 Å². The highest BCUT2D eigenvalue weighted by Crippen LogP contribution is 2.34. The summed E-state index contributed by atoms with van der Waals surface area (Å²) < 4.78 is 0. The Labute approximate surface area is 112 Å². The Morgan fingerprint density at radius 2 is 1.72 bits per heavy atom. The van der Waals surface area contributed by atoms with Crippen molar-refractivity contribution in [1.82, 2.24) is 0 Å². The van der Waals surface area contributed by atoms with Crippen molar-refractivity contribution in [1.29, 1.82) is 0 Å². The highest BCUT2D eigenvalue weighted by atomic mass is 14.2. The molecule has 0 saturated heterocycles. The fourth-order valence-electron chi connectivity index (χ4n) is 3.26. The van der Waals surface area contributed by atoms with E-state index in [9.17, 15) is 0 Å². The van der Waals surface area contributed by atoms with Crippen molar-refractivity contribution in [3.8, 4) is 0 Å². The Hall–Kier alpha value is -1.04.